The van der Waals surface area contributed by atoms with Crippen molar-refractivity contribution in [3.63, 3.8) is 0 Å². The van der Waals surface area contributed by atoms with E-state index in [0.717, 1.165) is 32.1 Å². The molecule has 1 aromatic rings. The number of unbranched alkanes of at least 4 members (excludes halogenated alkanes) is 1. The molecular formula is C28H38N2O7. The average Bonchev–Trinajstić information content (AvgIpc) is 3.39. The number of hydrogen-bond acceptors (Lipinski definition) is 7. The third kappa shape index (κ3) is 5.88. The molecule has 3 aliphatic rings. The number of ketones is 1. The number of Topliss-reactive ketones (excluding diaryl/α,β-unsaturated/α-hetero) is 1. The highest BCUT2D eigenvalue weighted by Gasteiger charge is 2.54. The third-order valence-corrected chi connectivity index (χ3v) is 7.93. The molecule has 9 heteroatoms. The van der Waals surface area contributed by atoms with Gasteiger partial charge in [-0.15, -0.1) is 0 Å². The summed E-state index contributed by atoms with van der Waals surface area (Å²) in [5.74, 6) is -2.38. The zero-order chi connectivity index (χ0) is 26.4. The molecule has 0 spiro atoms. The highest BCUT2D eigenvalue weighted by Crippen LogP contribution is 2.37. The van der Waals surface area contributed by atoms with Gasteiger partial charge in [0.2, 0.25) is 5.91 Å². The van der Waals surface area contributed by atoms with E-state index >= 15 is 0 Å². The molecule has 4 rings (SSSR count). The molecule has 0 radical (unpaired) electrons. The summed E-state index contributed by atoms with van der Waals surface area (Å²) in [6.45, 7) is 1.08. The Bertz CT molecular complexity index is 972. The van der Waals surface area contributed by atoms with Gasteiger partial charge in [-0.3, -0.25) is 14.4 Å². The molecule has 1 saturated carbocycles. The van der Waals surface area contributed by atoms with Crippen molar-refractivity contribution in [2.75, 3.05) is 27.3 Å². The number of rotatable bonds is 11. The van der Waals surface area contributed by atoms with E-state index in [0.29, 0.717) is 32.4 Å². The summed E-state index contributed by atoms with van der Waals surface area (Å²) in [6, 6.07) is 9.43. The van der Waals surface area contributed by atoms with Crippen LogP contribution in [0.15, 0.2) is 30.3 Å². The first-order valence-electron chi connectivity index (χ1n) is 13.4. The number of piperazine rings is 1. The van der Waals surface area contributed by atoms with Gasteiger partial charge in [0, 0.05) is 27.3 Å². The smallest absolute Gasteiger partial charge is 0.364 e. The van der Waals surface area contributed by atoms with Gasteiger partial charge in [0.1, 0.15) is 6.04 Å². The Kier molecular flexibility index (Phi) is 8.97. The largest absolute Gasteiger partial charge is 0.447 e. The first-order valence-corrected chi connectivity index (χ1v) is 13.4. The minimum absolute atomic E-state index is 0.0897. The molecule has 2 aliphatic heterocycles. The lowest BCUT2D eigenvalue weighted by Gasteiger charge is -2.49. The van der Waals surface area contributed by atoms with Crippen LogP contribution >= 0.6 is 0 Å². The zero-order valence-electron chi connectivity index (χ0n) is 21.9. The van der Waals surface area contributed by atoms with Crippen LogP contribution < -0.4 is 0 Å². The van der Waals surface area contributed by atoms with E-state index in [-0.39, 0.29) is 24.8 Å². The molecule has 2 saturated heterocycles. The molecular weight excluding hydrogens is 476 g/mol. The number of esters is 1. The van der Waals surface area contributed by atoms with E-state index in [9.17, 15) is 19.2 Å². The number of aryl methyl sites for hydroxylation is 1. The molecule has 1 aromatic carbocycles. The normalized spacial score (nSPS) is 22.8. The summed E-state index contributed by atoms with van der Waals surface area (Å²) in [5.41, 5.74) is -0.251. The Morgan fingerprint density at radius 3 is 2.38 bits per heavy atom. The zero-order valence-corrected chi connectivity index (χ0v) is 21.9. The maximum absolute atomic E-state index is 13.6. The van der Waals surface area contributed by atoms with Crippen LogP contribution in [0.3, 0.4) is 0 Å². The Morgan fingerprint density at radius 2 is 1.70 bits per heavy atom. The topological polar surface area (TPSA) is 102 Å². The molecule has 37 heavy (non-hydrogen) atoms. The Labute approximate surface area is 218 Å². The van der Waals surface area contributed by atoms with Gasteiger partial charge in [0.05, 0.1) is 6.04 Å². The number of carbonyl (C=O) groups excluding carboxylic acids is 4. The SMILES string of the molecule is COC(OC)C(=O)OC1(C(=O)C(=O)N2C3CCCC2C(=O)N(CCCCc2ccccc2)C3)CCCC1. The Hall–Kier alpha value is -2.78. The molecule has 3 fully saturated rings. The Morgan fingerprint density at radius 1 is 1.00 bits per heavy atom. The second kappa shape index (κ2) is 12.2. The average molecular weight is 515 g/mol. The number of hydrogen-bond donors (Lipinski definition) is 0. The lowest BCUT2D eigenvalue weighted by molar-refractivity contribution is -0.200. The number of carbonyl (C=O) groups is 4. The van der Waals surface area contributed by atoms with E-state index in [4.69, 9.17) is 14.2 Å². The summed E-state index contributed by atoms with van der Waals surface area (Å²) in [7, 11) is 2.61. The predicted octanol–water partition coefficient (Wildman–Crippen LogP) is 2.65. The minimum atomic E-state index is -1.53. The van der Waals surface area contributed by atoms with Crippen LogP contribution in [-0.4, -0.2) is 84.7 Å². The summed E-state index contributed by atoms with van der Waals surface area (Å²) < 4.78 is 15.6. The summed E-state index contributed by atoms with van der Waals surface area (Å²) in [5, 5.41) is 0. The van der Waals surface area contributed by atoms with Gasteiger partial charge in [0.15, 0.2) is 5.60 Å². The molecule has 2 unspecified atom stereocenters. The fraction of sp³-hybridized carbons (Fsp3) is 0.643. The quantitative estimate of drug-likeness (QED) is 0.194. The number of piperidine rings is 1. The standard InChI is InChI=1S/C28H38N2O7/c1-35-27(36-2)26(34)37-28(16-7-8-17-28)23(31)25(33)30-21-14-10-15-22(30)24(32)29(19-21)18-9-6-13-20-11-4-3-5-12-20/h3-5,11-12,21-22,27H,6-10,13-19H2,1-2H3. The first-order chi connectivity index (χ1) is 17.9. The Balaban J connectivity index is 1.41. The number of likely N-dealkylation sites (tertiary alicyclic amines) is 1. The highest BCUT2D eigenvalue weighted by molar-refractivity contribution is 6.40. The summed E-state index contributed by atoms with van der Waals surface area (Å²) >= 11 is 0. The lowest BCUT2D eigenvalue weighted by atomic mass is 9.87. The van der Waals surface area contributed by atoms with E-state index in [1.807, 2.05) is 23.1 Å². The van der Waals surface area contributed by atoms with E-state index < -0.39 is 35.6 Å². The fourth-order valence-corrected chi connectivity index (χ4v) is 6.00. The van der Waals surface area contributed by atoms with Gasteiger partial charge in [-0.1, -0.05) is 30.3 Å². The predicted molar refractivity (Wildman–Crippen MR) is 134 cm³/mol. The second-order valence-electron chi connectivity index (χ2n) is 10.3. The lowest BCUT2D eigenvalue weighted by Crippen LogP contribution is -2.67. The van der Waals surface area contributed by atoms with Crippen molar-refractivity contribution in [3.8, 4) is 0 Å². The van der Waals surface area contributed by atoms with E-state index in [1.54, 1.807) is 0 Å². The highest BCUT2D eigenvalue weighted by atomic mass is 16.7. The molecule has 2 bridgehead atoms. The van der Waals surface area contributed by atoms with Gasteiger partial charge >= 0.3 is 5.97 Å². The van der Waals surface area contributed by atoms with Crippen molar-refractivity contribution < 1.29 is 33.4 Å². The van der Waals surface area contributed by atoms with Crippen LogP contribution in [0.2, 0.25) is 0 Å². The summed E-state index contributed by atoms with van der Waals surface area (Å²) in [6.07, 6.45) is 5.54. The second-order valence-corrected chi connectivity index (χ2v) is 10.3. The minimum Gasteiger partial charge on any atom is -0.447 e. The van der Waals surface area contributed by atoms with Gasteiger partial charge in [0.25, 0.3) is 18.0 Å². The molecule has 2 atom stereocenters. The fourth-order valence-electron chi connectivity index (χ4n) is 6.00. The van der Waals surface area contributed by atoms with Crippen molar-refractivity contribution in [3.05, 3.63) is 35.9 Å². The van der Waals surface area contributed by atoms with Crippen LogP contribution in [0, 0.1) is 0 Å². The molecule has 202 valence electrons. The third-order valence-electron chi connectivity index (χ3n) is 7.93. The van der Waals surface area contributed by atoms with Crippen LogP contribution in [0.25, 0.3) is 0 Å². The van der Waals surface area contributed by atoms with Crippen LogP contribution in [-0.2, 0) is 39.8 Å². The van der Waals surface area contributed by atoms with Crippen molar-refractivity contribution in [1.29, 1.82) is 0 Å². The van der Waals surface area contributed by atoms with Crippen molar-refractivity contribution in [2.45, 2.75) is 88.2 Å². The molecule has 0 N–H and O–H groups in total. The summed E-state index contributed by atoms with van der Waals surface area (Å²) in [4.78, 5) is 56.5. The van der Waals surface area contributed by atoms with E-state index in [1.165, 1.54) is 24.7 Å². The number of fused-ring (bicyclic) bond motifs is 2. The molecule has 9 nitrogen and oxygen atoms in total. The van der Waals surface area contributed by atoms with Crippen LogP contribution in [0.1, 0.15) is 63.4 Å². The van der Waals surface area contributed by atoms with Crippen molar-refractivity contribution in [1.82, 2.24) is 9.80 Å². The van der Waals surface area contributed by atoms with Crippen molar-refractivity contribution >= 4 is 23.6 Å². The van der Waals surface area contributed by atoms with Crippen LogP contribution in [0.5, 0.6) is 0 Å². The van der Waals surface area contributed by atoms with Gasteiger partial charge < -0.3 is 24.0 Å². The van der Waals surface area contributed by atoms with Gasteiger partial charge in [-0.05, 0) is 69.8 Å². The van der Waals surface area contributed by atoms with Gasteiger partial charge in [-0.2, -0.15) is 0 Å². The first kappa shape index (κ1) is 27.3. The van der Waals surface area contributed by atoms with Crippen molar-refractivity contribution in [2.24, 2.45) is 0 Å². The molecule has 0 aromatic heterocycles. The monoisotopic (exact) mass is 514 g/mol. The maximum atomic E-state index is 13.6. The number of ether oxygens (including phenoxy) is 3. The number of benzene rings is 1. The number of nitrogens with zero attached hydrogens (tertiary/aromatic N) is 2. The van der Waals surface area contributed by atoms with Crippen LogP contribution in [0.4, 0.5) is 0 Å². The maximum Gasteiger partial charge on any atom is 0.364 e. The molecule has 1 aliphatic carbocycles. The number of amides is 2. The number of methoxy groups -OCH3 is 2. The van der Waals surface area contributed by atoms with E-state index in [2.05, 4.69) is 12.1 Å². The molecule has 2 heterocycles. The molecule has 2 amide bonds. The van der Waals surface area contributed by atoms with Gasteiger partial charge in [-0.25, -0.2) is 4.79 Å².